The lowest BCUT2D eigenvalue weighted by molar-refractivity contribution is -0.209. The molecule has 0 aromatic heterocycles. The number of aliphatic hydroxyl groups excluding tert-OH is 2. The first kappa shape index (κ1) is 45.2. The first-order valence-corrected chi connectivity index (χ1v) is 25.0. The van der Waals surface area contributed by atoms with Crippen molar-refractivity contribution in [2.75, 3.05) is 13.2 Å². The molecule has 0 unspecified atom stereocenters. The average molecular weight is 865 g/mol. The first-order chi connectivity index (χ1) is 29.9. The minimum Gasteiger partial charge on any atom is -0.491 e. The van der Waals surface area contributed by atoms with Crippen LogP contribution in [0.3, 0.4) is 0 Å². The quantitative estimate of drug-likeness (QED) is 0.135. The number of carboxylic acid groups (broad SMARTS) is 1. The summed E-state index contributed by atoms with van der Waals surface area (Å²) in [6.07, 6.45) is 14.3. The van der Waals surface area contributed by atoms with E-state index in [1.165, 1.54) is 22.3 Å². The van der Waals surface area contributed by atoms with Crippen molar-refractivity contribution >= 4 is 11.8 Å². The van der Waals surface area contributed by atoms with Gasteiger partial charge in [0.15, 0.2) is 5.78 Å². The highest BCUT2D eigenvalue weighted by molar-refractivity contribution is 5.93. The molecule has 0 spiro atoms. The Labute approximate surface area is 377 Å². The highest BCUT2D eigenvalue weighted by Crippen LogP contribution is 2.69. The van der Waals surface area contributed by atoms with Crippen molar-refractivity contribution in [1.29, 1.82) is 0 Å². The van der Waals surface area contributed by atoms with E-state index in [2.05, 4.69) is 65.5 Å². The molecule has 0 aliphatic heterocycles. The maximum atomic E-state index is 12.6. The topological polar surface area (TPSA) is 134 Å². The van der Waals surface area contributed by atoms with Crippen molar-refractivity contribution in [3.63, 3.8) is 0 Å². The highest BCUT2D eigenvalue weighted by atomic mass is 16.5. The molecule has 344 valence electrons. The number of hydrogen-bond donors (Lipinski definition) is 4. The van der Waals surface area contributed by atoms with E-state index in [0.717, 1.165) is 93.9 Å². The van der Waals surface area contributed by atoms with E-state index < -0.39 is 23.8 Å². The standard InChI is InChI=1S/C55H76O8/c1-8-19-55(61)21-18-43-40-12-10-34-26-37(56)11-13-39(34)49(40)41(30-53(43,55)6)35-24-32(3)51(33(4)25-35)63-23-22-62-38-17-20-52(5)36(27-38)28-46(57)50-44-15-14-42(31(2)9-16-48(59)60)54(44,7)47(58)29-45(50)52/h24-26,31,36,38,40-47,50,57-58,61H,9-18,20-23,27-30H2,1-7H3,(H,59,60)/t31-,36+,38+,40+,41-,42-,43+,44+,45+,46-,47+,50+,52+,53+,54-,55+/m1/s1. The second-order valence-corrected chi connectivity index (χ2v) is 22.9. The molecule has 8 aliphatic carbocycles. The van der Waals surface area contributed by atoms with Crippen LogP contribution >= 0.6 is 0 Å². The van der Waals surface area contributed by atoms with Gasteiger partial charge in [-0.1, -0.05) is 51.3 Å². The number of carbonyl (C=O) groups is 2. The lowest BCUT2D eigenvalue weighted by Crippen LogP contribution is -2.62. The Kier molecular flexibility index (Phi) is 12.0. The van der Waals surface area contributed by atoms with Gasteiger partial charge in [-0.25, -0.2) is 0 Å². The fourth-order valence-electron chi connectivity index (χ4n) is 17.0. The zero-order valence-electron chi connectivity index (χ0n) is 39.3. The Balaban J connectivity index is 0.857. The average Bonchev–Trinajstić information content (AvgIpc) is 3.73. The van der Waals surface area contributed by atoms with Crippen LogP contribution in [0.2, 0.25) is 0 Å². The van der Waals surface area contributed by atoms with Gasteiger partial charge in [0.05, 0.1) is 24.9 Å². The minimum atomic E-state index is -1.01. The molecule has 8 nitrogen and oxygen atoms in total. The van der Waals surface area contributed by atoms with Crippen molar-refractivity contribution in [3.05, 3.63) is 51.6 Å². The van der Waals surface area contributed by atoms with Gasteiger partial charge in [0.2, 0.25) is 0 Å². The van der Waals surface area contributed by atoms with Crippen LogP contribution in [-0.2, 0) is 14.3 Å². The lowest BCUT2D eigenvalue weighted by Gasteiger charge is -2.63. The molecule has 0 amide bonds. The fourth-order valence-corrected chi connectivity index (χ4v) is 17.0. The highest BCUT2D eigenvalue weighted by Gasteiger charge is 2.66. The van der Waals surface area contributed by atoms with Gasteiger partial charge >= 0.3 is 5.97 Å². The zero-order valence-corrected chi connectivity index (χ0v) is 39.3. The molecule has 1 aromatic carbocycles. The molecule has 9 rings (SSSR count). The van der Waals surface area contributed by atoms with E-state index in [1.807, 2.05) is 13.0 Å². The Morgan fingerprint density at radius 1 is 0.921 bits per heavy atom. The van der Waals surface area contributed by atoms with Gasteiger partial charge in [-0.3, -0.25) is 9.59 Å². The summed E-state index contributed by atoms with van der Waals surface area (Å²) in [7, 11) is 0. The minimum absolute atomic E-state index is 0.0444. The Morgan fingerprint density at radius 2 is 1.68 bits per heavy atom. The van der Waals surface area contributed by atoms with E-state index in [0.29, 0.717) is 50.2 Å². The maximum absolute atomic E-state index is 12.6. The van der Waals surface area contributed by atoms with Crippen molar-refractivity contribution in [2.45, 2.75) is 181 Å². The monoisotopic (exact) mass is 865 g/mol. The normalized spacial score (nSPS) is 43.2. The number of allylic oxidation sites excluding steroid dienone is 4. The second-order valence-electron chi connectivity index (χ2n) is 22.9. The molecule has 0 saturated heterocycles. The summed E-state index contributed by atoms with van der Waals surface area (Å²) in [5, 5.41) is 45.4. The van der Waals surface area contributed by atoms with E-state index >= 15 is 0 Å². The van der Waals surface area contributed by atoms with Crippen LogP contribution in [0.4, 0.5) is 0 Å². The van der Waals surface area contributed by atoms with Gasteiger partial charge < -0.3 is 29.9 Å². The van der Waals surface area contributed by atoms with E-state index in [-0.39, 0.29) is 70.1 Å². The molecule has 1 aromatic rings. The number of carboxylic acids is 1. The van der Waals surface area contributed by atoms with Gasteiger partial charge in [0.25, 0.3) is 0 Å². The molecule has 0 heterocycles. The number of fused-ring (bicyclic) bond motifs is 9. The van der Waals surface area contributed by atoms with Gasteiger partial charge in [0.1, 0.15) is 18.0 Å². The van der Waals surface area contributed by atoms with Crippen molar-refractivity contribution in [3.8, 4) is 17.6 Å². The summed E-state index contributed by atoms with van der Waals surface area (Å²) >= 11 is 0. The number of benzene rings is 1. The number of aliphatic hydroxyl groups is 3. The third-order valence-electron chi connectivity index (χ3n) is 20.1. The lowest BCUT2D eigenvalue weighted by atomic mass is 9.43. The molecule has 6 fully saturated rings. The number of aliphatic carboxylic acids is 1. The first-order valence-electron chi connectivity index (χ1n) is 25.0. The van der Waals surface area contributed by atoms with Crippen LogP contribution in [0.25, 0.3) is 0 Å². The van der Waals surface area contributed by atoms with Crippen LogP contribution in [0.15, 0.2) is 34.9 Å². The van der Waals surface area contributed by atoms with E-state index in [4.69, 9.17) is 9.47 Å². The summed E-state index contributed by atoms with van der Waals surface area (Å²) in [4.78, 5) is 24.0. The Hall–Kier alpha value is -2.96. The fraction of sp³-hybridized carbons (Fsp3) is 0.745. The molecule has 0 bridgehead atoms. The van der Waals surface area contributed by atoms with Crippen molar-refractivity contribution in [1.82, 2.24) is 0 Å². The predicted molar refractivity (Wildman–Crippen MR) is 244 cm³/mol. The number of ether oxygens (including phenoxy) is 2. The second kappa shape index (κ2) is 16.7. The summed E-state index contributed by atoms with van der Waals surface area (Å²) < 4.78 is 13.1. The predicted octanol–water partition coefficient (Wildman–Crippen LogP) is 9.82. The van der Waals surface area contributed by atoms with Crippen LogP contribution in [0.1, 0.15) is 160 Å². The molecular formula is C55H76O8. The molecule has 6 saturated carbocycles. The molecule has 63 heavy (non-hydrogen) atoms. The SMILES string of the molecule is CC#C[C@]1(O)CC[C@H]2[C@@H]3CCC4=CC(=O)CCC4=C3[C@@H](c3cc(C)c(OCCO[C@H]4CC[C@@]5(C)[C@@H](C4)C[C@@H](O)[C@@H]4[C@@H]5C[C@H](O)[C@]5(C)[C@@H]([C@H](C)CCC(=O)O)CC[C@@H]45)c(C)c3)C[C@@]21C. The number of aryl methyl sites for hydroxylation is 2. The van der Waals surface area contributed by atoms with Crippen LogP contribution < -0.4 is 4.74 Å². The number of rotatable bonds is 10. The molecular weight excluding hydrogens is 789 g/mol. The van der Waals surface area contributed by atoms with Gasteiger partial charge in [-0.15, -0.1) is 5.92 Å². The van der Waals surface area contributed by atoms with Crippen LogP contribution in [-0.4, -0.2) is 69.3 Å². The van der Waals surface area contributed by atoms with Crippen LogP contribution in [0.5, 0.6) is 5.75 Å². The molecule has 0 radical (unpaired) electrons. The molecule has 16 atom stereocenters. The zero-order chi connectivity index (χ0) is 44.8. The van der Waals surface area contributed by atoms with E-state index in [9.17, 15) is 30.0 Å². The van der Waals surface area contributed by atoms with Crippen LogP contribution in [0, 0.1) is 89.3 Å². The van der Waals surface area contributed by atoms with Gasteiger partial charge in [-0.05, 0) is 203 Å². The summed E-state index contributed by atoms with van der Waals surface area (Å²) in [5.41, 5.74) is 6.08. The molecule has 8 heteroatoms. The van der Waals surface area contributed by atoms with Gasteiger partial charge in [0, 0.05) is 24.2 Å². The molecule has 4 N–H and O–H groups in total. The number of ketones is 1. The Morgan fingerprint density at radius 3 is 2.41 bits per heavy atom. The Bertz CT molecular complexity index is 2090. The van der Waals surface area contributed by atoms with Crippen molar-refractivity contribution < 1.29 is 39.5 Å². The number of hydrogen-bond acceptors (Lipinski definition) is 7. The summed E-state index contributed by atoms with van der Waals surface area (Å²) in [6, 6.07) is 4.63. The summed E-state index contributed by atoms with van der Waals surface area (Å²) in [5.74, 6) is 9.19. The summed E-state index contributed by atoms with van der Waals surface area (Å²) in [6.45, 7) is 16.2. The number of carbonyl (C=O) groups excluding carboxylic acids is 1. The third kappa shape index (κ3) is 7.32. The van der Waals surface area contributed by atoms with E-state index in [1.54, 1.807) is 0 Å². The third-order valence-corrected chi connectivity index (χ3v) is 20.1. The van der Waals surface area contributed by atoms with Gasteiger partial charge in [-0.2, -0.15) is 0 Å². The largest absolute Gasteiger partial charge is 0.491 e. The smallest absolute Gasteiger partial charge is 0.303 e. The molecule has 8 aliphatic rings. The van der Waals surface area contributed by atoms with Crippen molar-refractivity contribution in [2.24, 2.45) is 63.6 Å². The maximum Gasteiger partial charge on any atom is 0.303 e.